The molecule has 21 heavy (non-hydrogen) atoms. The number of ether oxygens (including phenoxy) is 1. The van der Waals surface area contributed by atoms with Crippen LogP contribution >= 0.6 is 22.6 Å². The van der Waals surface area contributed by atoms with E-state index < -0.39 is 4.92 Å². The molecule has 1 N–H and O–H groups in total. The van der Waals surface area contributed by atoms with Gasteiger partial charge in [-0.2, -0.15) is 0 Å². The van der Waals surface area contributed by atoms with Gasteiger partial charge >= 0.3 is 0 Å². The number of nitro benzene ring substituents is 1. The molecule has 0 saturated heterocycles. The number of anilines is 1. The van der Waals surface area contributed by atoms with Gasteiger partial charge in [-0.1, -0.05) is 0 Å². The summed E-state index contributed by atoms with van der Waals surface area (Å²) >= 11 is 2.16. The van der Waals surface area contributed by atoms with E-state index in [2.05, 4.69) is 37.9 Å². The molecule has 0 unspecified atom stereocenters. The number of hydrogen-bond donors (Lipinski definition) is 1. The van der Waals surface area contributed by atoms with E-state index >= 15 is 0 Å². The van der Waals surface area contributed by atoms with Gasteiger partial charge in [0.25, 0.3) is 5.69 Å². The van der Waals surface area contributed by atoms with Crippen LogP contribution in [0.5, 0.6) is 0 Å². The number of non-ortho nitro benzene ring substituents is 1. The lowest BCUT2D eigenvalue weighted by atomic mass is 10.2. The summed E-state index contributed by atoms with van der Waals surface area (Å²) in [6, 6.07) is 6.14. The third-order valence-corrected chi connectivity index (χ3v) is 3.91. The third kappa shape index (κ3) is 3.45. The van der Waals surface area contributed by atoms with Crippen molar-refractivity contribution in [2.75, 3.05) is 19.5 Å². The smallest absolute Gasteiger partial charge is 0.269 e. The van der Waals surface area contributed by atoms with Gasteiger partial charge in [0.2, 0.25) is 0 Å². The van der Waals surface area contributed by atoms with Crippen LogP contribution in [-0.4, -0.2) is 29.0 Å². The first-order valence-electron chi connectivity index (χ1n) is 6.04. The number of nitrogens with one attached hydrogen (secondary N) is 1. The Morgan fingerprint density at radius 2 is 2.00 bits per heavy atom. The van der Waals surface area contributed by atoms with Crippen molar-refractivity contribution in [3.63, 3.8) is 0 Å². The molecule has 0 saturated carbocycles. The van der Waals surface area contributed by atoms with E-state index in [1.54, 1.807) is 26.3 Å². The Labute approximate surface area is 135 Å². The van der Waals surface area contributed by atoms with Gasteiger partial charge in [0.05, 0.1) is 20.8 Å². The van der Waals surface area contributed by atoms with E-state index in [4.69, 9.17) is 4.74 Å². The minimum Gasteiger partial charge on any atom is -0.378 e. The predicted molar refractivity (Wildman–Crippen MR) is 87.1 cm³/mol. The van der Waals surface area contributed by atoms with Crippen LogP contribution in [0.4, 0.5) is 11.5 Å². The maximum Gasteiger partial charge on any atom is 0.269 e. The van der Waals surface area contributed by atoms with Crippen LogP contribution in [0, 0.1) is 13.7 Å². The van der Waals surface area contributed by atoms with Gasteiger partial charge in [0.15, 0.2) is 5.82 Å². The molecule has 0 atom stereocenters. The Morgan fingerprint density at radius 3 is 2.52 bits per heavy atom. The lowest BCUT2D eigenvalue weighted by Gasteiger charge is -2.10. The minimum atomic E-state index is -0.437. The molecule has 110 valence electrons. The standard InChI is InChI=1S/C13H13IN4O3/c1-15-13-11(14)10(7-21-2)16-12(17-13)8-3-5-9(6-4-8)18(19)20/h3-6H,7H2,1-2H3,(H,15,16,17). The zero-order valence-corrected chi connectivity index (χ0v) is 13.6. The summed E-state index contributed by atoms with van der Waals surface area (Å²) in [6.07, 6.45) is 0. The van der Waals surface area contributed by atoms with Crippen molar-refractivity contribution in [3.05, 3.63) is 43.6 Å². The first kappa shape index (κ1) is 15.6. The van der Waals surface area contributed by atoms with Crippen molar-refractivity contribution in [2.24, 2.45) is 0 Å². The molecule has 0 radical (unpaired) electrons. The van der Waals surface area contributed by atoms with Crippen molar-refractivity contribution in [1.29, 1.82) is 0 Å². The zero-order chi connectivity index (χ0) is 15.4. The number of methoxy groups -OCH3 is 1. The second-order valence-electron chi connectivity index (χ2n) is 4.14. The van der Waals surface area contributed by atoms with Crippen LogP contribution in [0.2, 0.25) is 0 Å². The molecule has 8 heteroatoms. The molecule has 0 amide bonds. The molecular weight excluding hydrogens is 387 g/mol. The van der Waals surface area contributed by atoms with Crippen LogP contribution in [0.3, 0.4) is 0 Å². The van der Waals surface area contributed by atoms with Gasteiger partial charge in [0, 0.05) is 31.9 Å². The molecule has 0 bridgehead atoms. The fraction of sp³-hybridized carbons (Fsp3) is 0.231. The molecule has 0 spiro atoms. The fourth-order valence-corrected chi connectivity index (χ4v) is 2.42. The lowest BCUT2D eigenvalue weighted by molar-refractivity contribution is -0.384. The monoisotopic (exact) mass is 400 g/mol. The van der Waals surface area contributed by atoms with Crippen LogP contribution in [0.15, 0.2) is 24.3 Å². The van der Waals surface area contributed by atoms with Crippen molar-refractivity contribution in [2.45, 2.75) is 6.61 Å². The van der Waals surface area contributed by atoms with Crippen molar-refractivity contribution < 1.29 is 9.66 Å². The highest BCUT2D eigenvalue weighted by atomic mass is 127. The van der Waals surface area contributed by atoms with E-state index in [0.29, 0.717) is 23.8 Å². The number of nitro groups is 1. The molecule has 0 fully saturated rings. The summed E-state index contributed by atoms with van der Waals surface area (Å²) in [4.78, 5) is 19.1. The molecule has 1 heterocycles. The van der Waals surface area contributed by atoms with Gasteiger partial charge in [-0.15, -0.1) is 0 Å². The van der Waals surface area contributed by atoms with E-state index in [-0.39, 0.29) is 5.69 Å². The second kappa shape index (κ2) is 6.76. The molecule has 0 aliphatic carbocycles. The Hall–Kier alpha value is -1.81. The van der Waals surface area contributed by atoms with Crippen molar-refractivity contribution >= 4 is 34.1 Å². The summed E-state index contributed by atoms with van der Waals surface area (Å²) < 4.78 is 6.03. The summed E-state index contributed by atoms with van der Waals surface area (Å²) in [5.41, 5.74) is 1.52. The van der Waals surface area contributed by atoms with Gasteiger partial charge in [-0.25, -0.2) is 9.97 Å². The maximum absolute atomic E-state index is 10.7. The predicted octanol–water partition coefficient (Wildman–Crippen LogP) is 2.84. The van der Waals surface area contributed by atoms with E-state index in [9.17, 15) is 10.1 Å². The van der Waals surface area contributed by atoms with Crippen LogP contribution in [0.25, 0.3) is 11.4 Å². The van der Waals surface area contributed by atoms with Crippen LogP contribution in [-0.2, 0) is 11.3 Å². The summed E-state index contributed by atoms with van der Waals surface area (Å²) in [5, 5.41) is 13.7. The Balaban J connectivity index is 2.47. The van der Waals surface area contributed by atoms with Crippen LogP contribution in [0.1, 0.15) is 5.69 Å². The normalized spacial score (nSPS) is 10.4. The highest BCUT2D eigenvalue weighted by molar-refractivity contribution is 14.1. The highest BCUT2D eigenvalue weighted by Crippen LogP contribution is 2.25. The SMILES string of the molecule is CNc1nc(-c2ccc([N+](=O)[O-])cc2)nc(COC)c1I. The minimum absolute atomic E-state index is 0.0372. The first-order valence-corrected chi connectivity index (χ1v) is 7.12. The quantitative estimate of drug-likeness (QED) is 0.472. The topological polar surface area (TPSA) is 90.2 Å². The fourth-order valence-electron chi connectivity index (χ4n) is 1.75. The molecule has 7 nitrogen and oxygen atoms in total. The van der Waals surface area contributed by atoms with Gasteiger partial charge in [-0.05, 0) is 34.7 Å². The van der Waals surface area contributed by atoms with Gasteiger partial charge in [-0.3, -0.25) is 10.1 Å². The first-order chi connectivity index (χ1) is 10.1. The van der Waals surface area contributed by atoms with Gasteiger partial charge in [0.1, 0.15) is 5.82 Å². The van der Waals surface area contributed by atoms with E-state index in [1.807, 2.05) is 0 Å². The Bertz CT molecular complexity index is 661. The number of halogens is 1. The molecule has 0 aliphatic heterocycles. The maximum atomic E-state index is 10.7. The number of benzene rings is 1. The van der Waals surface area contributed by atoms with Crippen LogP contribution < -0.4 is 5.32 Å². The number of rotatable bonds is 5. The second-order valence-corrected chi connectivity index (χ2v) is 5.22. The summed E-state index contributed by atoms with van der Waals surface area (Å²) in [5.74, 6) is 1.20. The Morgan fingerprint density at radius 1 is 1.33 bits per heavy atom. The average Bonchev–Trinajstić information content (AvgIpc) is 2.49. The molecular formula is C13H13IN4O3. The number of aromatic nitrogens is 2. The Kier molecular flexibility index (Phi) is 5.02. The molecule has 2 rings (SSSR count). The largest absolute Gasteiger partial charge is 0.378 e. The van der Waals surface area contributed by atoms with E-state index in [1.165, 1.54) is 12.1 Å². The van der Waals surface area contributed by atoms with Crippen molar-refractivity contribution in [1.82, 2.24) is 9.97 Å². The average molecular weight is 400 g/mol. The highest BCUT2D eigenvalue weighted by Gasteiger charge is 2.13. The van der Waals surface area contributed by atoms with Crippen molar-refractivity contribution in [3.8, 4) is 11.4 Å². The lowest BCUT2D eigenvalue weighted by Crippen LogP contribution is -2.06. The summed E-state index contributed by atoms with van der Waals surface area (Å²) in [6.45, 7) is 0.370. The third-order valence-electron chi connectivity index (χ3n) is 2.77. The molecule has 2 aromatic rings. The number of nitrogens with zero attached hydrogens (tertiary/aromatic N) is 3. The van der Waals surface area contributed by atoms with E-state index in [0.717, 1.165) is 9.26 Å². The zero-order valence-electron chi connectivity index (χ0n) is 11.5. The molecule has 0 aliphatic rings. The van der Waals surface area contributed by atoms with Gasteiger partial charge < -0.3 is 10.1 Å². The summed E-state index contributed by atoms with van der Waals surface area (Å²) in [7, 11) is 3.38. The number of hydrogen-bond acceptors (Lipinski definition) is 6. The molecule has 1 aromatic carbocycles. The molecule has 1 aromatic heterocycles.